The van der Waals surface area contributed by atoms with Crippen LogP contribution in [0.3, 0.4) is 0 Å². The van der Waals surface area contributed by atoms with Gasteiger partial charge in [0.15, 0.2) is 10.9 Å². The van der Waals surface area contributed by atoms with Gasteiger partial charge in [0.05, 0.1) is 6.42 Å². The first-order valence-corrected chi connectivity index (χ1v) is 10.7. The number of hydrogen-bond acceptors (Lipinski definition) is 6. The molecule has 0 radical (unpaired) electrons. The highest BCUT2D eigenvalue weighted by molar-refractivity contribution is 7.98. The Balaban J connectivity index is 1.46. The van der Waals surface area contributed by atoms with Crippen LogP contribution in [-0.2, 0) is 17.0 Å². The molecular formula is C22H17ClN4O3S. The lowest BCUT2D eigenvalue weighted by atomic mass is 10.1. The van der Waals surface area contributed by atoms with Crippen molar-refractivity contribution in [2.45, 2.75) is 17.3 Å². The summed E-state index contributed by atoms with van der Waals surface area (Å²) < 4.78 is 5.78. The van der Waals surface area contributed by atoms with E-state index in [0.29, 0.717) is 27.1 Å². The van der Waals surface area contributed by atoms with Gasteiger partial charge in [-0.1, -0.05) is 53.7 Å². The predicted octanol–water partition coefficient (Wildman–Crippen LogP) is 4.17. The molecule has 7 nitrogen and oxygen atoms in total. The molecule has 2 N–H and O–H groups in total. The standard InChI is InChI=1S/C22H17ClN4O3S/c23-15-8-6-14(7-9-15)12-19(28)26-27-21(29)20-17(13-31-22-24-10-3-11-25-22)16-4-1-2-5-18(16)30-20/h1-11H,12-13H2,(H,26,28)(H,27,29). The molecule has 0 saturated carbocycles. The predicted molar refractivity (Wildman–Crippen MR) is 119 cm³/mol. The van der Waals surface area contributed by atoms with E-state index in [1.165, 1.54) is 11.8 Å². The minimum Gasteiger partial charge on any atom is -0.451 e. The summed E-state index contributed by atoms with van der Waals surface area (Å²) in [5.74, 6) is -0.329. The van der Waals surface area contributed by atoms with Crippen LogP contribution in [0.5, 0.6) is 0 Å². The van der Waals surface area contributed by atoms with Gasteiger partial charge in [-0.25, -0.2) is 9.97 Å². The number of hydrogen-bond donors (Lipinski definition) is 2. The number of amides is 2. The smallest absolute Gasteiger partial charge is 0.305 e. The molecule has 0 fully saturated rings. The fourth-order valence-electron chi connectivity index (χ4n) is 2.94. The summed E-state index contributed by atoms with van der Waals surface area (Å²) in [7, 11) is 0. The highest BCUT2D eigenvalue weighted by Gasteiger charge is 2.21. The Hall–Kier alpha value is -3.36. The van der Waals surface area contributed by atoms with Crippen LogP contribution >= 0.6 is 23.4 Å². The van der Waals surface area contributed by atoms with Crippen molar-refractivity contribution in [3.63, 3.8) is 0 Å². The molecule has 0 aliphatic carbocycles. The molecule has 2 aromatic carbocycles. The largest absolute Gasteiger partial charge is 0.451 e. The number of rotatable bonds is 6. The summed E-state index contributed by atoms with van der Waals surface area (Å²) in [6, 6.07) is 16.0. The minimum atomic E-state index is -0.537. The SMILES string of the molecule is O=C(Cc1ccc(Cl)cc1)NNC(=O)c1oc2ccccc2c1CSc1ncccn1. The van der Waals surface area contributed by atoms with Gasteiger partial charge in [0, 0.05) is 34.1 Å². The van der Waals surface area contributed by atoms with Gasteiger partial charge in [-0.05, 0) is 29.8 Å². The average Bonchev–Trinajstić information content (AvgIpc) is 3.17. The summed E-state index contributed by atoms with van der Waals surface area (Å²) in [4.78, 5) is 33.3. The first kappa shape index (κ1) is 20.9. The lowest BCUT2D eigenvalue weighted by Crippen LogP contribution is -2.42. The number of para-hydroxylation sites is 1. The molecule has 4 aromatic rings. The number of aromatic nitrogens is 2. The topological polar surface area (TPSA) is 97.1 Å². The van der Waals surface area contributed by atoms with Crippen molar-refractivity contribution in [3.8, 4) is 0 Å². The highest BCUT2D eigenvalue weighted by atomic mass is 35.5. The number of carbonyl (C=O) groups is 2. The molecule has 4 rings (SSSR count). The maximum Gasteiger partial charge on any atom is 0.305 e. The molecule has 0 spiro atoms. The normalized spacial score (nSPS) is 10.7. The van der Waals surface area contributed by atoms with E-state index in [0.717, 1.165) is 10.9 Å². The number of benzene rings is 2. The van der Waals surface area contributed by atoms with E-state index in [9.17, 15) is 9.59 Å². The number of thioether (sulfide) groups is 1. The van der Waals surface area contributed by atoms with Crippen molar-refractivity contribution < 1.29 is 14.0 Å². The Morgan fingerprint density at radius 1 is 0.968 bits per heavy atom. The number of hydrazine groups is 1. The van der Waals surface area contributed by atoms with Crippen LogP contribution in [0.25, 0.3) is 11.0 Å². The van der Waals surface area contributed by atoms with Gasteiger partial charge in [-0.15, -0.1) is 0 Å². The molecule has 0 atom stereocenters. The summed E-state index contributed by atoms with van der Waals surface area (Å²) >= 11 is 7.25. The van der Waals surface area contributed by atoms with Gasteiger partial charge in [0.1, 0.15) is 5.58 Å². The lowest BCUT2D eigenvalue weighted by Gasteiger charge is -2.07. The average molecular weight is 453 g/mol. The Kier molecular flexibility index (Phi) is 6.49. The van der Waals surface area contributed by atoms with E-state index in [4.69, 9.17) is 16.0 Å². The number of fused-ring (bicyclic) bond motifs is 1. The maximum absolute atomic E-state index is 12.8. The second-order valence-corrected chi connectivity index (χ2v) is 7.91. The highest BCUT2D eigenvalue weighted by Crippen LogP contribution is 2.30. The van der Waals surface area contributed by atoms with Crippen LogP contribution in [0, 0.1) is 0 Å². The molecule has 31 heavy (non-hydrogen) atoms. The second-order valence-electron chi connectivity index (χ2n) is 6.53. The minimum absolute atomic E-state index is 0.103. The summed E-state index contributed by atoms with van der Waals surface area (Å²) in [6.07, 6.45) is 3.42. The Morgan fingerprint density at radius 2 is 1.71 bits per heavy atom. The Labute approximate surface area is 187 Å². The number of furan rings is 1. The van der Waals surface area contributed by atoms with Gasteiger partial charge >= 0.3 is 5.91 Å². The van der Waals surface area contributed by atoms with Gasteiger partial charge in [0.2, 0.25) is 5.91 Å². The van der Waals surface area contributed by atoms with Crippen molar-refractivity contribution in [3.05, 3.63) is 88.9 Å². The molecule has 2 aromatic heterocycles. The Morgan fingerprint density at radius 3 is 2.48 bits per heavy atom. The molecule has 2 heterocycles. The van der Waals surface area contributed by atoms with Gasteiger partial charge in [-0.3, -0.25) is 20.4 Å². The van der Waals surface area contributed by atoms with E-state index in [1.54, 1.807) is 48.8 Å². The van der Waals surface area contributed by atoms with Crippen LogP contribution in [0.2, 0.25) is 5.02 Å². The van der Waals surface area contributed by atoms with Crippen LogP contribution in [0.4, 0.5) is 0 Å². The quantitative estimate of drug-likeness (QED) is 0.259. The Bertz CT molecular complexity index is 1210. The van der Waals surface area contributed by atoms with Gasteiger partial charge in [0.25, 0.3) is 0 Å². The first-order chi connectivity index (χ1) is 15.1. The van der Waals surface area contributed by atoms with E-state index < -0.39 is 5.91 Å². The van der Waals surface area contributed by atoms with Crippen LogP contribution in [-0.4, -0.2) is 21.8 Å². The first-order valence-electron chi connectivity index (χ1n) is 9.34. The van der Waals surface area contributed by atoms with Crippen LogP contribution in [0.1, 0.15) is 21.7 Å². The lowest BCUT2D eigenvalue weighted by molar-refractivity contribution is -0.121. The number of carbonyl (C=O) groups excluding carboxylic acids is 2. The zero-order chi connectivity index (χ0) is 21.6. The third kappa shape index (κ3) is 5.22. The molecule has 0 bridgehead atoms. The fourth-order valence-corrected chi connectivity index (χ4v) is 3.89. The molecule has 2 amide bonds. The number of nitrogens with zero attached hydrogens (tertiary/aromatic N) is 2. The summed E-state index contributed by atoms with van der Waals surface area (Å²) in [5.41, 5.74) is 6.93. The van der Waals surface area contributed by atoms with Crippen molar-refractivity contribution in [1.82, 2.24) is 20.8 Å². The van der Waals surface area contributed by atoms with E-state index in [1.807, 2.05) is 18.2 Å². The molecule has 0 unspecified atom stereocenters. The third-order valence-corrected chi connectivity index (χ3v) is 5.54. The molecule has 0 saturated heterocycles. The number of nitrogens with one attached hydrogen (secondary N) is 2. The molecule has 9 heteroatoms. The zero-order valence-electron chi connectivity index (χ0n) is 16.2. The third-order valence-electron chi connectivity index (χ3n) is 4.39. The molecule has 156 valence electrons. The van der Waals surface area contributed by atoms with Gasteiger partial charge in [-0.2, -0.15) is 0 Å². The molecule has 0 aliphatic rings. The van der Waals surface area contributed by atoms with E-state index in [-0.39, 0.29) is 18.1 Å². The van der Waals surface area contributed by atoms with Crippen LogP contribution in [0.15, 0.2) is 76.6 Å². The second kappa shape index (κ2) is 9.63. The van der Waals surface area contributed by atoms with Crippen molar-refractivity contribution in [2.75, 3.05) is 0 Å². The summed E-state index contributed by atoms with van der Waals surface area (Å²) in [5, 5.41) is 2.01. The fraction of sp³-hybridized carbons (Fsp3) is 0.0909. The van der Waals surface area contributed by atoms with E-state index in [2.05, 4.69) is 20.8 Å². The van der Waals surface area contributed by atoms with Crippen LogP contribution < -0.4 is 10.9 Å². The molecule has 0 aliphatic heterocycles. The van der Waals surface area contributed by atoms with E-state index >= 15 is 0 Å². The summed E-state index contributed by atoms with van der Waals surface area (Å²) in [6.45, 7) is 0. The van der Waals surface area contributed by atoms with Crippen molar-refractivity contribution >= 4 is 46.1 Å². The van der Waals surface area contributed by atoms with Crippen molar-refractivity contribution in [1.29, 1.82) is 0 Å². The molecular weight excluding hydrogens is 436 g/mol. The van der Waals surface area contributed by atoms with Crippen molar-refractivity contribution in [2.24, 2.45) is 0 Å². The van der Waals surface area contributed by atoms with Gasteiger partial charge < -0.3 is 4.42 Å². The zero-order valence-corrected chi connectivity index (χ0v) is 17.7. The maximum atomic E-state index is 12.8. The monoisotopic (exact) mass is 452 g/mol. The number of halogens is 1.